The first-order chi connectivity index (χ1) is 44.9. The van der Waals surface area contributed by atoms with Crippen LogP contribution in [0.3, 0.4) is 0 Å². The fourth-order valence-corrected chi connectivity index (χ4v) is 15.7. The molecule has 0 spiro atoms. The molecular formula is C88H172O8Sn. The van der Waals surface area contributed by atoms with Gasteiger partial charge in [-0.15, -0.1) is 0 Å². The van der Waals surface area contributed by atoms with Crippen molar-refractivity contribution in [2.24, 2.45) is 67.0 Å². The predicted molar refractivity (Wildman–Crippen MR) is 417 cm³/mol. The van der Waals surface area contributed by atoms with Crippen molar-refractivity contribution in [1.29, 1.82) is 0 Å². The molecule has 9 heteroatoms. The Bertz CT molecular complexity index is 1550. The molecule has 0 amide bonds. The average Bonchev–Trinajstić information content (AvgIpc) is 0.872. The molecule has 0 N–H and O–H groups in total. The SMILES string of the molecule is CCCCC(CCCC(C)(C)C)C(CCCC)(CCCC)C(=O)[O-].CCCCC(CCCC(C)(C)C)C(CCCC)(CCCC)C(=O)[O-].CCCCC(CCCC(C)(C)C)C(CCCC)(CCCC)C(=O)[O-].CCCCC(CCCC(C)(C)C)C(CCCC)(CCCC)C(=O)[O-].[Sn+4]. The van der Waals surface area contributed by atoms with E-state index in [9.17, 15) is 39.6 Å². The van der Waals surface area contributed by atoms with E-state index >= 15 is 0 Å². The fourth-order valence-electron chi connectivity index (χ4n) is 15.7. The third-order valence-electron chi connectivity index (χ3n) is 22.1. The first kappa shape index (κ1) is 104. The van der Waals surface area contributed by atoms with E-state index in [1.54, 1.807) is 0 Å². The summed E-state index contributed by atoms with van der Waals surface area (Å²) in [4.78, 5) is 49.1. The summed E-state index contributed by atoms with van der Waals surface area (Å²) < 4.78 is 0. The Hall–Kier alpha value is -1.32. The molecule has 8 nitrogen and oxygen atoms in total. The summed E-state index contributed by atoms with van der Waals surface area (Å²) in [5.74, 6) is -1.98. The zero-order chi connectivity index (χ0) is 74.6. The molecule has 4 atom stereocenters. The molecular weight excluding hydrogens is 1300 g/mol. The second-order valence-electron chi connectivity index (χ2n) is 35.8. The minimum atomic E-state index is -0.777. The molecule has 0 rings (SSSR count). The van der Waals surface area contributed by atoms with E-state index in [1.165, 1.54) is 25.7 Å². The van der Waals surface area contributed by atoms with Crippen LogP contribution in [0.2, 0.25) is 0 Å². The van der Waals surface area contributed by atoms with Gasteiger partial charge in [-0.05, 0) is 174 Å². The molecule has 0 heterocycles. The van der Waals surface area contributed by atoms with Gasteiger partial charge in [0.15, 0.2) is 0 Å². The maximum absolute atomic E-state index is 12.3. The molecule has 0 aromatic carbocycles. The summed E-state index contributed by atoms with van der Waals surface area (Å²) in [6, 6.07) is 0. The normalized spacial score (nSPS) is 13.8. The molecule has 0 aliphatic rings. The van der Waals surface area contributed by atoms with Gasteiger partial charge in [0.05, 0.1) is 0 Å². The molecule has 0 saturated heterocycles. The predicted octanol–water partition coefficient (Wildman–Crippen LogP) is 24.1. The number of rotatable bonds is 56. The number of hydrogen-bond acceptors (Lipinski definition) is 8. The average molecular weight is 1480 g/mol. The van der Waals surface area contributed by atoms with Crippen LogP contribution in [0.4, 0.5) is 0 Å². The Labute approximate surface area is 624 Å². The zero-order valence-electron chi connectivity index (χ0n) is 70.0. The summed E-state index contributed by atoms with van der Waals surface area (Å²) in [6.07, 6.45) is 49.5. The number of carbonyl (C=O) groups excluding carboxylic acids is 4. The minimum Gasteiger partial charge on any atom is -0.550 e. The second-order valence-corrected chi connectivity index (χ2v) is 35.8. The Kier molecular flexibility index (Phi) is 63.4. The van der Waals surface area contributed by atoms with Gasteiger partial charge in [-0.25, -0.2) is 0 Å². The van der Waals surface area contributed by atoms with Crippen molar-refractivity contribution in [1.82, 2.24) is 0 Å². The van der Waals surface area contributed by atoms with E-state index in [2.05, 4.69) is 166 Å². The monoisotopic (exact) mass is 1480 g/mol. The van der Waals surface area contributed by atoms with Crippen LogP contribution in [0.1, 0.15) is 474 Å². The van der Waals surface area contributed by atoms with Crippen LogP contribution in [-0.4, -0.2) is 47.8 Å². The molecule has 0 radical (unpaired) electrons. The summed E-state index contributed by atoms with van der Waals surface area (Å²) in [7, 11) is 0. The maximum atomic E-state index is 12.3. The first-order valence-electron chi connectivity index (χ1n) is 41.8. The van der Waals surface area contributed by atoms with Crippen molar-refractivity contribution < 1.29 is 39.6 Å². The Balaban J connectivity index is -0.000000386. The zero-order valence-corrected chi connectivity index (χ0v) is 72.9. The molecule has 4 unspecified atom stereocenters. The van der Waals surface area contributed by atoms with Gasteiger partial charge in [0.25, 0.3) is 0 Å². The van der Waals surface area contributed by atoms with Crippen molar-refractivity contribution >= 4 is 47.8 Å². The third-order valence-corrected chi connectivity index (χ3v) is 22.1. The van der Waals surface area contributed by atoms with E-state index in [0.29, 0.717) is 21.7 Å². The fraction of sp³-hybridized carbons (Fsp3) is 0.955. The number of carboxylic acid groups (broad SMARTS) is 4. The van der Waals surface area contributed by atoms with Gasteiger partial charge < -0.3 is 39.6 Å². The van der Waals surface area contributed by atoms with Gasteiger partial charge in [0.2, 0.25) is 0 Å². The summed E-state index contributed by atoms with van der Waals surface area (Å²) in [5, 5.41) is 49.1. The van der Waals surface area contributed by atoms with Gasteiger partial charge in [-0.2, -0.15) is 0 Å². The number of carbonyl (C=O) groups is 4. The molecule has 0 bridgehead atoms. The van der Waals surface area contributed by atoms with E-state index in [4.69, 9.17) is 0 Å². The van der Waals surface area contributed by atoms with E-state index < -0.39 is 45.5 Å². The molecule has 0 aromatic rings. The van der Waals surface area contributed by atoms with Crippen LogP contribution in [0.25, 0.3) is 0 Å². The van der Waals surface area contributed by atoms with Gasteiger partial charge in [0, 0.05) is 45.5 Å². The van der Waals surface area contributed by atoms with E-state index in [1.807, 2.05) is 0 Å². The summed E-state index contributed by atoms with van der Waals surface area (Å²) in [6.45, 7) is 53.3. The van der Waals surface area contributed by atoms with Crippen LogP contribution in [0, 0.1) is 67.0 Å². The minimum absolute atomic E-state index is 0. The van der Waals surface area contributed by atoms with Crippen molar-refractivity contribution in [3.05, 3.63) is 0 Å². The maximum Gasteiger partial charge on any atom is 4.00 e. The smallest absolute Gasteiger partial charge is 0.550 e. The number of hydrogen-bond donors (Lipinski definition) is 0. The molecule has 97 heavy (non-hydrogen) atoms. The molecule has 0 aliphatic heterocycles. The van der Waals surface area contributed by atoms with Crippen molar-refractivity contribution in [2.75, 3.05) is 0 Å². The Morgan fingerprint density at radius 1 is 0.206 bits per heavy atom. The van der Waals surface area contributed by atoms with E-state index in [-0.39, 0.29) is 47.6 Å². The van der Waals surface area contributed by atoms with Gasteiger partial charge in [-0.1, -0.05) is 346 Å². The third kappa shape index (κ3) is 47.6. The van der Waals surface area contributed by atoms with Crippen LogP contribution in [0.5, 0.6) is 0 Å². The number of unbranched alkanes of at least 4 members (excludes halogenated alkanes) is 12. The number of carboxylic acids is 4. The van der Waals surface area contributed by atoms with Crippen LogP contribution in [0.15, 0.2) is 0 Å². The standard InChI is InChI=1S/4C22H44O2.Sn/c4*1-7-10-14-19(15-13-16-21(4,5)6)22(20(23)24,17-11-8-2)18-12-9-3;/h4*19H,7-18H2,1-6H3,(H,23,24);/q;;;;+4/p-4. The van der Waals surface area contributed by atoms with Gasteiger partial charge in [-0.3, -0.25) is 0 Å². The quantitative estimate of drug-likeness (QED) is 0.0544. The molecule has 0 fully saturated rings. The van der Waals surface area contributed by atoms with Crippen molar-refractivity contribution in [2.45, 2.75) is 474 Å². The second kappa shape index (κ2) is 59.0. The van der Waals surface area contributed by atoms with Crippen molar-refractivity contribution in [3.63, 3.8) is 0 Å². The number of aliphatic carboxylic acids is 4. The Morgan fingerprint density at radius 3 is 0.412 bits per heavy atom. The molecule has 0 aliphatic carbocycles. The topological polar surface area (TPSA) is 161 Å². The van der Waals surface area contributed by atoms with Crippen LogP contribution in [-0.2, 0) is 19.2 Å². The Morgan fingerprint density at radius 2 is 0.320 bits per heavy atom. The molecule has 0 aromatic heterocycles. The van der Waals surface area contributed by atoms with Crippen LogP contribution >= 0.6 is 0 Å². The van der Waals surface area contributed by atoms with E-state index in [0.717, 1.165) is 283 Å². The van der Waals surface area contributed by atoms with Crippen LogP contribution < -0.4 is 20.4 Å². The first-order valence-corrected chi connectivity index (χ1v) is 41.8. The van der Waals surface area contributed by atoms with Gasteiger partial charge >= 0.3 is 23.9 Å². The molecule has 576 valence electrons. The summed E-state index contributed by atoms with van der Waals surface area (Å²) in [5.41, 5.74) is -1.09. The molecule has 0 saturated carbocycles. The van der Waals surface area contributed by atoms with Crippen molar-refractivity contribution in [3.8, 4) is 0 Å². The van der Waals surface area contributed by atoms with Gasteiger partial charge in [0.1, 0.15) is 0 Å². The summed E-state index contributed by atoms with van der Waals surface area (Å²) >= 11 is 0. The largest absolute Gasteiger partial charge is 4.00 e.